The highest BCUT2D eigenvalue weighted by Gasteiger charge is 2.07. The van der Waals surface area contributed by atoms with Crippen LogP contribution in [0.2, 0.25) is 5.02 Å². The van der Waals surface area contributed by atoms with Gasteiger partial charge in [-0.05, 0) is 56.2 Å². The molecule has 0 aromatic heterocycles. The molecule has 0 heterocycles. The topological polar surface area (TPSA) is 68.8 Å². The summed E-state index contributed by atoms with van der Waals surface area (Å²) in [7, 11) is 1.56. The molecule has 0 aliphatic rings. The van der Waals surface area contributed by atoms with E-state index in [0.717, 1.165) is 22.7 Å². The Hall–Kier alpha value is -2.60. The monoisotopic (exact) mass is 406 g/mol. The lowest BCUT2D eigenvalue weighted by Crippen LogP contribution is -2.31. The number of methoxy groups -OCH3 is 1. The smallest absolute Gasteiger partial charge is 0.239 e. The van der Waals surface area contributed by atoms with Crippen molar-refractivity contribution in [1.82, 2.24) is 5.32 Å². The number of nitrogens with one attached hydrogen (secondary N) is 2. The number of anilines is 1. The van der Waals surface area contributed by atoms with Crippen LogP contribution in [0, 0.1) is 0 Å². The number of hydrogen-bond donors (Lipinski definition) is 2. The van der Waals surface area contributed by atoms with Crippen LogP contribution >= 0.6 is 11.6 Å². The van der Waals surface area contributed by atoms with Crippen LogP contribution in [0.5, 0.6) is 17.2 Å². The van der Waals surface area contributed by atoms with Crippen LogP contribution in [0.15, 0.2) is 36.4 Å². The second-order valence-electron chi connectivity index (χ2n) is 5.95. The third-order valence-electron chi connectivity index (χ3n) is 3.95. The summed E-state index contributed by atoms with van der Waals surface area (Å²) >= 11 is 6.08. The SMILES string of the molecule is CCOc1ccc(CCNC(=O)CNc2ccc(OC)c(Cl)c2)cc1OCC. The molecule has 0 unspecified atom stereocenters. The quantitative estimate of drug-likeness (QED) is 0.592. The summed E-state index contributed by atoms with van der Waals surface area (Å²) < 4.78 is 16.3. The zero-order chi connectivity index (χ0) is 20.4. The zero-order valence-electron chi connectivity index (χ0n) is 16.5. The summed E-state index contributed by atoms with van der Waals surface area (Å²) in [4.78, 5) is 12.0. The third-order valence-corrected chi connectivity index (χ3v) is 4.24. The molecule has 0 saturated carbocycles. The van der Waals surface area contributed by atoms with E-state index in [1.165, 1.54) is 0 Å². The maximum absolute atomic E-state index is 12.0. The van der Waals surface area contributed by atoms with Crippen LogP contribution in [0.1, 0.15) is 19.4 Å². The number of carbonyl (C=O) groups excluding carboxylic acids is 1. The van der Waals surface area contributed by atoms with Crippen LogP contribution in [0.25, 0.3) is 0 Å². The minimum Gasteiger partial charge on any atom is -0.495 e. The van der Waals surface area contributed by atoms with Crippen molar-refractivity contribution in [3.8, 4) is 17.2 Å². The van der Waals surface area contributed by atoms with Crippen LogP contribution in [0.4, 0.5) is 5.69 Å². The molecular formula is C21H27ClN2O4. The molecule has 0 bridgehead atoms. The average Bonchev–Trinajstić information content (AvgIpc) is 2.69. The van der Waals surface area contributed by atoms with Gasteiger partial charge in [0.15, 0.2) is 11.5 Å². The van der Waals surface area contributed by atoms with Crippen molar-refractivity contribution < 1.29 is 19.0 Å². The van der Waals surface area contributed by atoms with E-state index in [1.807, 2.05) is 38.1 Å². The minimum atomic E-state index is -0.0945. The van der Waals surface area contributed by atoms with Gasteiger partial charge in [0.2, 0.25) is 5.91 Å². The van der Waals surface area contributed by atoms with Gasteiger partial charge in [-0.1, -0.05) is 17.7 Å². The Bertz CT molecular complexity index is 783. The maximum Gasteiger partial charge on any atom is 0.239 e. The Labute approximate surface area is 171 Å². The van der Waals surface area contributed by atoms with Crippen LogP contribution in [0.3, 0.4) is 0 Å². The van der Waals surface area contributed by atoms with E-state index < -0.39 is 0 Å². The molecule has 2 N–H and O–H groups in total. The molecule has 0 aliphatic heterocycles. The predicted molar refractivity (Wildman–Crippen MR) is 112 cm³/mol. The Morgan fingerprint density at radius 3 is 2.39 bits per heavy atom. The van der Waals surface area contributed by atoms with Crippen molar-refractivity contribution in [1.29, 1.82) is 0 Å². The molecule has 1 amide bonds. The summed E-state index contributed by atoms with van der Waals surface area (Å²) in [6.07, 6.45) is 0.701. The number of rotatable bonds is 11. The summed E-state index contributed by atoms with van der Waals surface area (Å²) in [6, 6.07) is 11.1. The van der Waals surface area contributed by atoms with Gasteiger partial charge in [-0.25, -0.2) is 0 Å². The van der Waals surface area contributed by atoms with Gasteiger partial charge in [-0.2, -0.15) is 0 Å². The number of hydrogen-bond acceptors (Lipinski definition) is 5. The van der Waals surface area contributed by atoms with Crippen molar-refractivity contribution in [2.45, 2.75) is 20.3 Å². The van der Waals surface area contributed by atoms with Crippen LogP contribution in [-0.4, -0.2) is 39.3 Å². The molecule has 0 fully saturated rings. The van der Waals surface area contributed by atoms with E-state index in [2.05, 4.69) is 10.6 Å². The van der Waals surface area contributed by atoms with E-state index in [1.54, 1.807) is 19.2 Å². The summed E-state index contributed by atoms with van der Waals surface area (Å²) in [6.45, 7) is 5.72. The number of ether oxygens (including phenoxy) is 3. The fourth-order valence-corrected chi connectivity index (χ4v) is 2.88. The molecule has 6 nitrogen and oxygen atoms in total. The molecule has 28 heavy (non-hydrogen) atoms. The van der Waals surface area contributed by atoms with E-state index in [0.29, 0.717) is 37.0 Å². The molecule has 2 rings (SSSR count). The fraction of sp³-hybridized carbons (Fsp3) is 0.381. The fourth-order valence-electron chi connectivity index (χ4n) is 2.62. The number of amides is 1. The highest BCUT2D eigenvalue weighted by molar-refractivity contribution is 6.32. The highest BCUT2D eigenvalue weighted by atomic mass is 35.5. The molecular weight excluding hydrogens is 380 g/mol. The predicted octanol–water partition coefficient (Wildman–Crippen LogP) is 3.92. The van der Waals surface area contributed by atoms with Crippen molar-refractivity contribution in [2.75, 3.05) is 38.7 Å². The number of carbonyl (C=O) groups is 1. The van der Waals surface area contributed by atoms with Crippen LogP contribution < -0.4 is 24.8 Å². The molecule has 2 aromatic rings. The van der Waals surface area contributed by atoms with Gasteiger partial charge < -0.3 is 24.8 Å². The Kier molecular flexibility index (Phi) is 8.75. The van der Waals surface area contributed by atoms with E-state index in [-0.39, 0.29) is 12.5 Å². The number of halogens is 1. The van der Waals surface area contributed by atoms with Gasteiger partial charge in [0, 0.05) is 12.2 Å². The molecule has 0 aliphatic carbocycles. The highest BCUT2D eigenvalue weighted by Crippen LogP contribution is 2.29. The van der Waals surface area contributed by atoms with Crippen molar-refractivity contribution in [3.63, 3.8) is 0 Å². The van der Waals surface area contributed by atoms with E-state index in [9.17, 15) is 4.79 Å². The Morgan fingerprint density at radius 2 is 1.71 bits per heavy atom. The second-order valence-corrected chi connectivity index (χ2v) is 6.36. The maximum atomic E-state index is 12.0. The molecule has 2 aromatic carbocycles. The van der Waals surface area contributed by atoms with Gasteiger partial charge in [0.1, 0.15) is 5.75 Å². The Morgan fingerprint density at radius 1 is 1.00 bits per heavy atom. The number of benzene rings is 2. The molecule has 0 spiro atoms. The largest absolute Gasteiger partial charge is 0.495 e. The molecule has 0 saturated heterocycles. The average molecular weight is 407 g/mol. The third kappa shape index (κ3) is 6.53. The first kappa shape index (κ1) is 21.7. The normalized spacial score (nSPS) is 10.3. The Balaban J connectivity index is 1.80. The van der Waals surface area contributed by atoms with Crippen LogP contribution in [-0.2, 0) is 11.2 Å². The van der Waals surface area contributed by atoms with Gasteiger partial charge in [-0.15, -0.1) is 0 Å². The van der Waals surface area contributed by atoms with Gasteiger partial charge in [-0.3, -0.25) is 4.79 Å². The summed E-state index contributed by atoms with van der Waals surface area (Å²) in [5, 5.41) is 6.44. The molecule has 0 atom stereocenters. The van der Waals surface area contributed by atoms with Gasteiger partial charge >= 0.3 is 0 Å². The minimum absolute atomic E-state index is 0.0945. The molecule has 0 radical (unpaired) electrons. The summed E-state index contributed by atoms with van der Waals surface area (Å²) in [5.74, 6) is 1.96. The first-order valence-electron chi connectivity index (χ1n) is 9.30. The first-order valence-corrected chi connectivity index (χ1v) is 9.67. The van der Waals surface area contributed by atoms with E-state index in [4.69, 9.17) is 25.8 Å². The van der Waals surface area contributed by atoms with E-state index >= 15 is 0 Å². The molecule has 152 valence electrons. The van der Waals surface area contributed by atoms with Crippen molar-refractivity contribution in [3.05, 3.63) is 47.0 Å². The lowest BCUT2D eigenvalue weighted by molar-refractivity contribution is -0.119. The first-order chi connectivity index (χ1) is 13.6. The van der Waals surface area contributed by atoms with Gasteiger partial charge in [0.25, 0.3) is 0 Å². The standard InChI is InChI=1S/C21H27ClN2O4/c1-4-27-19-8-6-15(12-20(19)28-5-2)10-11-23-21(25)14-24-16-7-9-18(26-3)17(22)13-16/h6-9,12-13,24H,4-5,10-11,14H2,1-3H3,(H,23,25). The lowest BCUT2D eigenvalue weighted by atomic mass is 10.1. The zero-order valence-corrected chi connectivity index (χ0v) is 17.3. The van der Waals surface area contributed by atoms with Crippen molar-refractivity contribution in [2.24, 2.45) is 0 Å². The van der Waals surface area contributed by atoms with Gasteiger partial charge in [0.05, 0.1) is 31.9 Å². The molecule has 7 heteroatoms. The van der Waals surface area contributed by atoms with Crippen molar-refractivity contribution >= 4 is 23.2 Å². The lowest BCUT2D eigenvalue weighted by Gasteiger charge is -2.13. The summed E-state index contributed by atoms with van der Waals surface area (Å²) in [5.41, 5.74) is 1.83. The second kappa shape index (κ2) is 11.3.